The second-order valence-electron chi connectivity index (χ2n) is 4.71. The first kappa shape index (κ1) is 16.1. The monoisotopic (exact) mass is 294 g/mol. The first-order valence-electron chi connectivity index (χ1n) is 6.00. The molecule has 0 spiro atoms. The van der Waals surface area contributed by atoms with Crippen LogP contribution >= 0.6 is 12.2 Å². The van der Waals surface area contributed by atoms with Crippen LogP contribution in [0.5, 0.6) is 0 Å². The number of rotatable bonds is 6. The Kier molecular flexibility index (Phi) is 5.93. The maximum atomic E-state index is 11.9. The van der Waals surface area contributed by atoms with Crippen molar-refractivity contribution in [2.75, 3.05) is 13.2 Å². The minimum Gasteiger partial charge on any atom is -0.372 e. The number of aromatic nitrogens is 2. The molecule has 1 aromatic rings. The van der Waals surface area contributed by atoms with Crippen molar-refractivity contribution < 1.29 is 17.9 Å². The molecule has 108 valence electrons. The summed E-state index contributed by atoms with van der Waals surface area (Å²) < 4.78 is 40.7. The molecule has 19 heavy (non-hydrogen) atoms. The minimum absolute atomic E-state index is 0.0388. The lowest BCUT2D eigenvalue weighted by Crippen LogP contribution is -2.18. The van der Waals surface area contributed by atoms with Gasteiger partial charge in [0.25, 0.3) is 0 Å². The zero-order valence-electron chi connectivity index (χ0n) is 10.9. The Morgan fingerprint density at radius 1 is 1.42 bits per heavy atom. The lowest BCUT2D eigenvalue weighted by Gasteiger charge is -2.09. The van der Waals surface area contributed by atoms with Gasteiger partial charge in [-0.2, -0.15) is 13.2 Å². The van der Waals surface area contributed by atoms with E-state index in [-0.39, 0.29) is 13.0 Å². The molecule has 0 unspecified atom stereocenters. The van der Waals surface area contributed by atoms with Gasteiger partial charge in [0.2, 0.25) is 0 Å². The Balaban J connectivity index is 2.54. The molecule has 1 heterocycles. The number of alkyl halides is 3. The lowest BCUT2D eigenvalue weighted by atomic mass is 10.1. The van der Waals surface area contributed by atoms with Gasteiger partial charge in [0.05, 0.1) is 6.61 Å². The number of hydrogen-bond donors (Lipinski definition) is 1. The quantitative estimate of drug-likeness (QED) is 0.645. The minimum atomic E-state index is -4.29. The molecule has 0 aromatic carbocycles. The highest BCUT2D eigenvalue weighted by molar-refractivity contribution is 7.71. The van der Waals surface area contributed by atoms with Crippen LogP contribution in [-0.4, -0.2) is 29.4 Å². The van der Waals surface area contributed by atoms with Crippen LogP contribution in [0.1, 0.15) is 25.4 Å². The summed E-state index contributed by atoms with van der Waals surface area (Å²) in [5.41, 5.74) is 0.945. The van der Waals surface area contributed by atoms with Gasteiger partial charge in [-0.1, -0.05) is 26.1 Å². The van der Waals surface area contributed by atoms with E-state index >= 15 is 0 Å². The third-order valence-corrected chi connectivity index (χ3v) is 2.43. The molecule has 0 aliphatic rings. The third kappa shape index (κ3) is 7.27. The fourth-order valence-electron chi connectivity index (χ4n) is 1.59. The highest BCUT2D eigenvalue weighted by Gasteiger charge is 2.27. The van der Waals surface area contributed by atoms with E-state index in [2.05, 4.69) is 28.6 Å². The van der Waals surface area contributed by atoms with Crippen molar-refractivity contribution in [2.24, 2.45) is 5.92 Å². The largest absolute Gasteiger partial charge is 0.411 e. The number of halogens is 3. The summed E-state index contributed by atoms with van der Waals surface area (Å²) in [6.07, 6.45) is -3.19. The summed E-state index contributed by atoms with van der Waals surface area (Å²) in [5, 5.41) is 0. The topological polar surface area (TPSA) is 37.9 Å². The van der Waals surface area contributed by atoms with Gasteiger partial charge in [0.15, 0.2) is 0 Å². The summed E-state index contributed by atoms with van der Waals surface area (Å²) in [7, 11) is 0. The molecule has 0 amide bonds. The Morgan fingerprint density at radius 2 is 2.11 bits per heavy atom. The molecule has 0 atom stereocenters. The second-order valence-corrected chi connectivity index (χ2v) is 5.13. The Labute approximate surface area is 115 Å². The highest BCUT2D eigenvalue weighted by atomic mass is 32.1. The van der Waals surface area contributed by atoms with Gasteiger partial charge >= 0.3 is 6.18 Å². The maximum Gasteiger partial charge on any atom is 0.411 e. The maximum absolute atomic E-state index is 11.9. The second kappa shape index (κ2) is 7.00. The SMILES string of the molecule is CC(C)Cc1cc(=S)nc(CCOCC(F)(F)F)[nH]1. The first-order chi connectivity index (χ1) is 8.76. The van der Waals surface area contributed by atoms with E-state index in [1.165, 1.54) is 0 Å². The number of aromatic amines is 1. The highest BCUT2D eigenvalue weighted by Crippen LogP contribution is 2.14. The Bertz CT molecular complexity index is 457. The molecule has 0 aliphatic heterocycles. The van der Waals surface area contributed by atoms with Gasteiger partial charge in [0.1, 0.15) is 17.1 Å². The number of ether oxygens (including phenoxy) is 1. The number of nitrogens with one attached hydrogen (secondary N) is 1. The van der Waals surface area contributed by atoms with E-state index in [4.69, 9.17) is 12.2 Å². The van der Waals surface area contributed by atoms with Gasteiger partial charge in [-0.05, 0) is 18.4 Å². The van der Waals surface area contributed by atoms with Crippen LogP contribution in [0.3, 0.4) is 0 Å². The lowest BCUT2D eigenvalue weighted by molar-refractivity contribution is -0.173. The van der Waals surface area contributed by atoms with Crippen LogP contribution in [-0.2, 0) is 17.6 Å². The molecular weight excluding hydrogens is 277 g/mol. The standard InChI is InChI=1S/C12H17F3N2OS/c1-8(2)5-9-6-11(19)17-10(16-9)3-4-18-7-12(13,14)15/h6,8H,3-5,7H2,1-2H3,(H,16,17,19). The van der Waals surface area contributed by atoms with Crippen LogP contribution in [0.2, 0.25) is 0 Å². The fourth-order valence-corrected chi connectivity index (χ4v) is 1.84. The van der Waals surface area contributed by atoms with Crippen molar-refractivity contribution in [1.82, 2.24) is 9.97 Å². The van der Waals surface area contributed by atoms with Crippen molar-refractivity contribution in [3.05, 3.63) is 22.2 Å². The predicted octanol–water partition coefficient (Wildman–Crippen LogP) is 3.46. The van der Waals surface area contributed by atoms with Crippen LogP contribution in [0, 0.1) is 10.6 Å². The van der Waals surface area contributed by atoms with E-state index in [1.54, 1.807) is 6.07 Å². The van der Waals surface area contributed by atoms with Crippen LogP contribution in [0.15, 0.2) is 6.07 Å². The van der Waals surface area contributed by atoms with Crippen molar-refractivity contribution in [2.45, 2.75) is 32.9 Å². The van der Waals surface area contributed by atoms with E-state index in [1.807, 2.05) is 0 Å². The summed E-state index contributed by atoms with van der Waals surface area (Å²) >= 11 is 5.03. The smallest absolute Gasteiger partial charge is 0.372 e. The average Bonchev–Trinajstić information content (AvgIpc) is 2.21. The van der Waals surface area contributed by atoms with Crippen molar-refractivity contribution in [3.8, 4) is 0 Å². The van der Waals surface area contributed by atoms with Crippen LogP contribution < -0.4 is 0 Å². The van der Waals surface area contributed by atoms with Gasteiger partial charge in [-0.15, -0.1) is 0 Å². The summed E-state index contributed by atoms with van der Waals surface area (Å²) in [6, 6.07) is 1.77. The van der Waals surface area contributed by atoms with E-state index in [9.17, 15) is 13.2 Å². The molecule has 0 fully saturated rings. The van der Waals surface area contributed by atoms with Crippen molar-refractivity contribution >= 4 is 12.2 Å². The summed E-state index contributed by atoms with van der Waals surface area (Å²) in [5.74, 6) is 1.02. The average molecular weight is 294 g/mol. The van der Waals surface area contributed by atoms with E-state index in [0.29, 0.717) is 16.4 Å². The molecule has 3 nitrogen and oxygen atoms in total. The first-order valence-corrected chi connectivity index (χ1v) is 6.40. The third-order valence-electron chi connectivity index (χ3n) is 2.22. The number of nitrogens with zero attached hydrogens (tertiary/aromatic N) is 1. The molecule has 0 aliphatic carbocycles. The molecule has 1 aromatic heterocycles. The zero-order chi connectivity index (χ0) is 14.5. The summed E-state index contributed by atoms with van der Waals surface area (Å²) in [6.45, 7) is 2.87. The molecule has 1 rings (SSSR count). The van der Waals surface area contributed by atoms with Crippen molar-refractivity contribution in [1.29, 1.82) is 0 Å². The van der Waals surface area contributed by atoms with Crippen LogP contribution in [0.4, 0.5) is 13.2 Å². The molecule has 0 saturated carbocycles. The van der Waals surface area contributed by atoms with E-state index in [0.717, 1.165) is 12.1 Å². The zero-order valence-corrected chi connectivity index (χ0v) is 11.7. The van der Waals surface area contributed by atoms with Gasteiger partial charge in [0, 0.05) is 12.1 Å². The molecule has 0 bridgehead atoms. The fraction of sp³-hybridized carbons (Fsp3) is 0.667. The van der Waals surface area contributed by atoms with Gasteiger partial charge in [-0.3, -0.25) is 0 Å². The molecule has 0 saturated heterocycles. The Morgan fingerprint density at radius 3 is 2.68 bits per heavy atom. The normalized spacial score (nSPS) is 12.1. The number of H-pyrrole nitrogens is 1. The molecular formula is C12H17F3N2OS. The molecule has 7 heteroatoms. The molecule has 0 radical (unpaired) electrons. The van der Waals surface area contributed by atoms with E-state index < -0.39 is 12.8 Å². The van der Waals surface area contributed by atoms with Crippen molar-refractivity contribution in [3.63, 3.8) is 0 Å². The van der Waals surface area contributed by atoms with Crippen LogP contribution in [0.25, 0.3) is 0 Å². The number of hydrogen-bond acceptors (Lipinski definition) is 3. The Hall–Kier alpha value is -0.950. The van der Waals surface area contributed by atoms with Gasteiger partial charge < -0.3 is 9.72 Å². The van der Waals surface area contributed by atoms with Gasteiger partial charge in [-0.25, -0.2) is 4.98 Å². The molecule has 1 N–H and O–H groups in total. The summed E-state index contributed by atoms with van der Waals surface area (Å²) in [4.78, 5) is 7.15. The predicted molar refractivity (Wildman–Crippen MR) is 68.5 cm³/mol.